The number of amides is 1. The van der Waals surface area contributed by atoms with Crippen LogP contribution in [-0.4, -0.2) is 28.9 Å². The zero-order valence-electron chi connectivity index (χ0n) is 21.1. The number of halogens is 3. The van der Waals surface area contributed by atoms with Gasteiger partial charge < -0.3 is 14.6 Å². The molecule has 2 aliphatic rings. The Balaban J connectivity index is 1.17. The lowest BCUT2D eigenvalue weighted by atomic mass is 9.83. The fourth-order valence-corrected chi connectivity index (χ4v) is 5.30. The lowest BCUT2D eigenvalue weighted by Gasteiger charge is -2.29. The minimum atomic E-state index is -0.694. The molecular weight excluding hydrogens is 514 g/mol. The zero-order valence-corrected chi connectivity index (χ0v) is 21.8. The molecule has 0 radical (unpaired) electrons. The van der Waals surface area contributed by atoms with Crippen molar-refractivity contribution in [1.29, 1.82) is 0 Å². The Bertz CT molecular complexity index is 1460. The first-order chi connectivity index (χ1) is 18.2. The number of carbonyl (C=O) groups excluding carboxylic acids is 2. The van der Waals surface area contributed by atoms with Gasteiger partial charge in [0, 0.05) is 36.2 Å². The molecule has 5 rings (SSSR count). The third-order valence-electron chi connectivity index (χ3n) is 7.50. The Hall–Kier alpha value is -3.26. The summed E-state index contributed by atoms with van der Waals surface area (Å²) in [4.78, 5) is 38.6. The molecule has 38 heavy (non-hydrogen) atoms. The molecular formula is C29H29ClF2N2O4. The predicted molar refractivity (Wildman–Crippen MR) is 141 cm³/mol. The second-order valence-corrected chi connectivity index (χ2v) is 10.8. The van der Waals surface area contributed by atoms with Crippen LogP contribution in [0, 0.1) is 24.5 Å². The van der Waals surface area contributed by atoms with Gasteiger partial charge in [-0.05, 0) is 75.1 Å². The van der Waals surface area contributed by atoms with Gasteiger partial charge in [0.15, 0.2) is 5.78 Å². The van der Waals surface area contributed by atoms with Crippen LogP contribution < -0.4 is 15.5 Å². The summed E-state index contributed by atoms with van der Waals surface area (Å²) in [5, 5.41) is 3.05. The van der Waals surface area contributed by atoms with Crippen LogP contribution in [0.15, 0.2) is 41.3 Å². The van der Waals surface area contributed by atoms with Crippen molar-refractivity contribution in [1.82, 2.24) is 9.88 Å². The number of hydrogen-bond donors (Lipinski definition) is 1. The first-order valence-electron chi connectivity index (χ1n) is 12.9. The number of aromatic nitrogens is 1. The molecule has 200 valence electrons. The number of nitrogens with one attached hydrogen (secondary N) is 1. The molecule has 2 saturated carbocycles. The summed E-state index contributed by atoms with van der Waals surface area (Å²) in [5.74, 6) is -1.09. The Labute approximate surface area is 223 Å². The second-order valence-electron chi connectivity index (χ2n) is 10.4. The van der Waals surface area contributed by atoms with Gasteiger partial charge in [-0.1, -0.05) is 17.7 Å². The molecule has 0 unspecified atom stereocenters. The van der Waals surface area contributed by atoms with Gasteiger partial charge in [0.05, 0.1) is 10.5 Å². The van der Waals surface area contributed by atoms with Crippen molar-refractivity contribution in [2.75, 3.05) is 6.61 Å². The van der Waals surface area contributed by atoms with Crippen LogP contribution in [0.4, 0.5) is 8.78 Å². The minimum Gasteiger partial charge on any atom is -0.486 e. The van der Waals surface area contributed by atoms with Gasteiger partial charge in [0.2, 0.25) is 5.43 Å². The number of Topliss-reactive ketones (excluding diaryl/α,β-unsaturated/α-hetero) is 1. The number of benzene rings is 2. The van der Waals surface area contributed by atoms with E-state index in [4.69, 9.17) is 16.3 Å². The van der Waals surface area contributed by atoms with Crippen molar-refractivity contribution in [3.05, 3.63) is 74.5 Å². The summed E-state index contributed by atoms with van der Waals surface area (Å²) in [6, 6.07) is 7.12. The Morgan fingerprint density at radius 3 is 2.47 bits per heavy atom. The maximum atomic E-state index is 14.1. The molecule has 0 saturated heterocycles. The molecule has 0 spiro atoms. The summed E-state index contributed by atoms with van der Waals surface area (Å²) >= 11 is 5.96. The van der Waals surface area contributed by atoms with E-state index in [-0.39, 0.29) is 52.2 Å². The maximum absolute atomic E-state index is 14.1. The number of aryl methyl sites for hydroxylation is 1. The lowest BCUT2D eigenvalue weighted by Crippen LogP contribution is -2.40. The standard InChI is InChI=1S/C29H29ClF2N2O4/c1-16-2-9-21(11-25(16)31)38-15-20(35)10-17-3-5-18(6-4-17)33-29(37)23-14-34(19-7-8-19)27-13-24(30)26(32)12-22(27)28(23)36/h2,9,11-14,17-19H,3-8,10,15H2,1H3,(H,33,37). The molecule has 1 N–H and O–H groups in total. The van der Waals surface area contributed by atoms with E-state index in [0.29, 0.717) is 36.1 Å². The largest absolute Gasteiger partial charge is 0.486 e. The van der Waals surface area contributed by atoms with Gasteiger partial charge in [0.1, 0.15) is 29.6 Å². The molecule has 1 aromatic heterocycles. The normalized spacial score (nSPS) is 19.4. The summed E-state index contributed by atoms with van der Waals surface area (Å²) in [7, 11) is 0. The van der Waals surface area contributed by atoms with Crippen molar-refractivity contribution < 1.29 is 23.1 Å². The molecule has 2 fully saturated rings. The van der Waals surface area contributed by atoms with Crippen molar-refractivity contribution in [2.45, 2.75) is 64.0 Å². The number of ether oxygens (including phenoxy) is 1. The SMILES string of the molecule is Cc1ccc(OCC(=O)CC2CCC(NC(=O)c3cn(C4CC4)c4cc(Cl)c(F)cc4c3=O)CC2)cc1F. The van der Waals surface area contributed by atoms with E-state index in [9.17, 15) is 23.2 Å². The van der Waals surface area contributed by atoms with Gasteiger partial charge in [-0.3, -0.25) is 14.4 Å². The van der Waals surface area contributed by atoms with Crippen LogP contribution in [0.1, 0.15) is 66.9 Å². The first-order valence-corrected chi connectivity index (χ1v) is 13.3. The number of nitrogens with zero attached hydrogens (tertiary/aromatic N) is 1. The maximum Gasteiger partial charge on any atom is 0.256 e. The van der Waals surface area contributed by atoms with E-state index in [2.05, 4.69) is 5.32 Å². The Morgan fingerprint density at radius 1 is 1.05 bits per heavy atom. The number of hydrogen-bond acceptors (Lipinski definition) is 4. The molecule has 2 aromatic carbocycles. The molecule has 3 aromatic rings. The van der Waals surface area contributed by atoms with Gasteiger partial charge in [-0.15, -0.1) is 0 Å². The number of pyridine rings is 1. The predicted octanol–water partition coefficient (Wildman–Crippen LogP) is 5.90. The second kappa shape index (κ2) is 10.8. The van der Waals surface area contributed by atoms with Crippen LogP contribution >= 0.6 is 11.6 Å². The average molecular weight is 543 g/mol. The highest BCUT2D eigenvalue weighted by atomic mass is 35.5. The monoisotopic (exact) mass is 542 g/mol. The Morgan fingerprint density at radius 2 is 1.79 bits per heavy atom. The van der Waals surface area contributed by atoms with E-state index < -0.39 is 17.2 Å². The quantitative estimate of drug-likeness (QED) is 0.384. The highest BCUT2D eigenvalue weighted by Gasteiger charge is 2.29. The number of fused-ring (bicyclic) bond motifs is 1. The summed E-state index contributed by atoms with van der Waals surface area (Å²) in [5.41, 5.74) is 0.522. The van der Waals surface area contributed by atoms with Crippen molar-refractivity contribution >= 4 is 34.2 Å². The minimum absolute atomic E-state index is 0.00638. The van der Waals surface area contributed by atoms with Crippen molar-refractivity contribution in [3.63, 3.8) is 0 Å². The molecule has 1 amide bonds. The van der Waals surface area contributed by atoms with Crippen molar-refractivity contribution in [3.8, 4) is 5.75 Å². The summed E-state index contributed by atoms with van der Waals surface area (Å²) < 4.78 is 35.1. The van der Waals surface area contributed by atoms with Crippen LogP contribution in [0.3, 0.4) is 0 Å². The fraction of sp³-hybridized carbons (Fsp3) is 0.414. The third-order valence-corrected chi connectivity index (χ3v) is 7.79. The molecule has 0 bridgehead atoms. The molecule has 0 atom stereocenters. The smallest absolute Gasteiger partial charge is 0.256 e. The molecule has 1 heterocycles. The molecule has 2 aliphatic carbocycles. The zero-order chi connectivity index (χ0) is 27.0. The van der Waals surface area contributed by atoms with Gasteiger partial charge in [-0.2, -0.15) is 0 Å². The Kier molecular flexibility index (Phi) is 7.52. The van der Waals surface area contributed by atoms with Crippen molar-refractivity contribution in [2.24, 2.45) is 5.92 Å². The summed E-state index contributed by atoms with van der Waals surface area (Å²) in [6.45, 7) is 1.55. The average Bonchev–Trinajstić information content (AvgIpc) is 3.73. The highest BCUT2D eigenvalue weighted by Crippen LogP contribution is 2.37. The molecule has 0 aliphatic heterocycles. The number of ketones is 1. The van der Waals surface area contributed by atoms with E-state index in [0.717, 1.165) is 31.7 Å². The fourth-order valence-electron chi connectivity index (χ4n) is 5.14. The van der Waals surface area contributed by atoms with Crippen LogP contribution in [0.2, 0.25) is 5.02 Å². The van der Waals surface area contributed by atoms with E-state index in [1.807, 2.05) is 4.57 Å². The topological polar surface area (TPSA) is 77.4 Å². The first kappa shape index (κ1) is 26.4. The molecule has 9 heteroatoms. The van der Waals surface area contributed by atoms with E-state index in [1.54, 1.807) is 25.3 Å². The lowest BCUT2D eigenvalue weighted by molar-refractivity contribution is -0.122. The highest BCUT2D eigenvalue weighted by molar-refractivity contribution is 6.31. The summed E-state index contributed by atoms with van der Waals surface area (Å²) in [6.07, 6.45) is 6.64. The van der Waals surface area contributed by atoms with Gasteiger partial charge >= 0.3 is 0 Å². The number of rotatable bonds is 8. The van der Waals surface area contributed by atoms with Crippen LogP contribution in [0.5, 0.6) is 5.75 Å². The van der Waals surface area contributed by atoms with Crippen LogP contribution in [0.25, 0.3) is 10.9 Å². The van der Waals surface area contributed by atoms with E-state index >= 15 is 0 Å². The van der Waals surface area contributed by atoms with E-state index in [1.165, 1.54) is 12.1 Å². The molecule has 6 nitrogen and oxygen atoms in total. The van der Waals surface area contributed by atoms with Gasteiger partial charge in [-0.25, -0.2) is 8.78 Å². The third kappa shape index (κ3) is 5.75. The van der Waals surface area contributed by atoms with Crippen LogP contribution in [-0.2, 0) is 4.79 Å². The number of carbonyl (C=O) groups is 2. The van der Waals surface area contributed by atoms with Gasteiger partial charge in [0.25, 0.3) is 5.91 Å².